The zero-order valence-corrected chi connectivity index (χ0v) is 18.4. The van der Waals surface area contributed by atoms with Gasteiger partial charge in [-0.3, -0.25) is 9.59 Å². The highest BCUT2D eigenvalue weighted by atomic mass is 16.5. The smallest absolute Gasteiger partial charge is 0.355 e. The molecule has 0 bridgehead atoms. The van der Waals surface area contributed by atoms with Crippen molar-refractivity contribution < 1.29 is 33.6 Å². The summed E-state index contributed by atoms with van der Waals surface area (Å²) in [5, 5.41) is 13.7. The lowest BCUT2D eigenvalue weighted by Crippen LogP contribution is -2.29. The quantitative estimate of drug-likeness (QED) is 0.264. The molecule has 4 rings (SSSR count). The SMILES string of the molecule is CCOC(=O)c1[nH]c(C)c(C([O-])=C2C(=O)C(=O)N(Cc3ccc[nH+]c3)C2c2ccco2)c1C. The van der Waals surface area contributed by atoms with Gasteiger partial charge in [-0.15, -0.1) is 0 Å². The Morgan fingerprint density at radius 3 is 2.70 bits per heavy atom. The van der Waals surface area contributed by atoms with Crippen LogP contribution >= 0.6 is 0 Å². The van der Waals surface area contributed by atoms with Gasteiger partial charge >= 0.3 is 5.97 Å². The van der Waals surface area contributed by atoms with E-state index >= 15 is 0 Å². The van der Waals surface area contributed by atoms with Crippen molar-refractivity contribution in [3.05, 3.63) is 82.3 Å². The number of amides is 1. The van der Waals surface area contributed by atoms with Gasteiger partial charge in [0.2, 0.25) is 5.78 Å². The minimum atomic E-state index is -0.993. The molecular formula is C24H23N3O6. The van der Waals surface area contributed by atoms with Crippen LogP contribution in [-0.4, -0.2) is 34.2 Å². The molecule has 0 aromatic carbocycles. The van der Waals surface area contributed by atoms with Crippen LogP contribution in [0.3, 0.4) is 0 Å². The number of furan rings is 1. The second-order valence-electron chi connectivity index (χ2n) is 7.68. The van der Waals surface area contributed by atoms with Crippen molar-refractivity contribution >= 4 is 23.4 Å². The van der Waals surface area contributed by atoms with E-state index in [9.17, 15) is 19.5 Å². The predicted molar refractivity (Wildman–Crippen MR) is 113 cm³/mol. The number of H-pyrrole nitrogens is 2. The molecule has 2 N–H and O–H groups in total. The number of aromatic nitrogens is 2. The number of hydrogen-bond acceptors (Lipinski definition) is 6. The van der Waals surface area contributed by atoms with Crippen LogP contribution in [0.5, 0.6) is 0 Å². The van der Waals surface area contributed by atoms with Gasteiger partial charge in [0.1, 0.15) is 17.5 Å². The monoisotopic (exact) mass is 449 g/mol. The number of aromatic amines is 2. The number of nitrogens with zero attached hydrogens (tertiary/aromatic N) is 1. The molecule has 0 spiro atoms. The summed E-state index contributed by atoms with van der Waals surface area (Å²) in [6.45, 7) is 5.19. The second kappa shape index (κ2) is 8.78. The maximum Gasteiger partial charge on any atom is 0.355 e. The Morgan fingerprint density at radius 2 is 2.06 bits per heavy atom. The number of rotatable bonds is 6. The van der Waals surface area contributed by atoms with Crippen molar-refractivity contribution in [1.82, 2.24) is 9.88 Å². The number of pyridine rings is 1. The summed E-state index contributed by atoms with van der Waals surface area (Å²) < 4.78 is 10.6. The summed E-state index contributed by atoms with van der Waals surface area (Å²) in [4.78, 5) is 45.5. The molecule has 1 aliphatic rings. The van der Waals surface area contributed by atoms with Crippen molar-refractivity contribution in [1.29, 1.82) is 0 Å². The normalized spacial score (nSPS) is 17.5. The molecular weight excluding hydrogens is 426 g/mol. The third-order valence-electron chi connectivity index (χ3n) is 5.61. The lowest BCUT2D eigenvalue weighted by Gasteiger charge is -2.25. The molecule has 1 amide bonds. The Kier molecular flexibility index (Phi) is 5.87. The van der Waals surface area contributed by atoms with E-state index in [2.05, 4.69) is 9.97 Å². The fraction of sp³-hybridized carbons (Fsp3) is 0.250. The number of likely N-dealkylation sites (tertiary alicyclic amines) is 1. The van der Waals surface area contributed by atoms with Crippen LogP contribution in [0.1, 0.15) is 51.6 Å². The van der Waals surface area contributed by atoms with Gasteiger partial charge in [0.05, 0.1) is 19.4 Å². The summed E-state index contributed by atoms with van der Waals surface area (Å²) >= 11 is 0. The van der Waals surface area contributed by atoms with Gasteiger partial charge in [-0.1, -0.05) is 5.76 Å². The lowest BCUT2D eigenvalue weighted by atomic mass is 9.97. The standard InChI is InChI=1S/C24H23N3O6/c1-4-32-24(31)19-13(2)17(14(3)26-19)21(28)18-20(16-8-6-10-33-16)27(23(30)22(18)29)12-15-7-5-9-25-11-15/h5-11,20,26,28H,4,12H2,1-3H3. The Morgan fingerprint density at radius 1 is 1.27 bits per heavy atom. The first-order valence-electron chi connectivity index (χ1n) is 10.5. The molecule has 0 radical (unpaired) electrons. The minimum absolute atomic E-state index is 0.100. The van der Waals surface area contributed by atoms with E-state index < -0.39 is 29.5 Å². The molecule has 1 unspecified atom stereocenters. The number of esters is 1. The average molecular weight is 449 g/mol. The zero-order valence-electron chi connectivity index (χ0n) is 18.4. The maximum atomic E-state index is 13.7. The van der Waals surface area contributed by atoms with Crippen molar-refractivity contribution in [2.45, 2.75) is 33.4 Å². The Hall–Kier alpha value is -4.14. The third-order valence-corrected chi connectivity index (χ3v) is 5.61. The molecule has 0 saturated carbocycles. The van der Waals surface area contributed by atoms with E-state index in [0.29, 0.717) is 17.0 Å². The number of carbonyl (C=O) groups excluding carboxylic acids is 3. The number of hydrogen-bond donors (Lipinski definition) is 1. The van der Waals surface area contributed by atoms with Crippen LogP contribution < -0.4 is 10.1 Å². The van der Waals surface area contributed by atoms with Gasteiger partial charge < -0.3 is 24.1 Å². The van der Waals surface area contributed by atoms with Gasteiger partial charge in [0.25, 0.3) is 5.91 Å². The zero-order chi connectivity index (χ0) is 23.7. The minimum Gasteiger partial charge on any atom is -0.872 e. The highest BCUT2D eigenvalue weighted by Crippen LogP contribution is 2.40. The van der Waals surface area contributed by atoms with E-state index in [0.717, 1.165) is 5.56 Å². The van der Waals surface area contributed by atoms with Gasteiger partial charge in [-0.05, 0) is 50.1 Å². The third kappa shape index (κ3) is 3.82. The summed E-state index contributed by atoms with van der Waals surface area (Å²) in [6.07, 6.45) is 4.86. The number of ether oxygens (including phenoxy) is 1. The molecule has 1 saturated heterocycles. The highest BCUT2D eigenvalue weighted by Gasteiger charge is 2.46. The van der Waals surface area contributed by atoms with Crippen LogP contribution in [-0.2, 0) is 20.9 Å². The van der Waals surface area contributed by atoms with Crippen LogP contribution in [0.2, 0.25) is 0 Å². The van der Waals surface area contributed by atoms with Gasteiger partial charge in [-0.2, -0.15) is 0 Å². The van der Waals surface area contributed by atoms with E-state index in [1.807, 2.05) is 0 Å². The van der Waals surface area contributed by atoms with Crippen molar-refractivity contribution in [3.63, 3.8) is 0 Å². The van der Waals surface area contributed by atoms with Crippen LogP contribution in [0.4, 0.5) is 0 Å². The van der Waals surface area contributed by atoms with E-state index in [1.165, 1.54) is 11.2 Å². The molecule has 1 aliphatic heterocycles. The first-order chi connectivity index (χ1) is 15.8. The highest BCUT2D eigenvalue weighted by molar-refractivity contribution is 6.46. The van der Waals surface area contributed by atoms with Gasteiger partial charge in [0.15, 0.2) is 12.4 Å². The molecule has 3 aromatic rings. The fourth-order valence-electron chi connectivity index (χ4n) is 4.13. The molecule has 1 atom stereocenters. The number of aryl methyl sites for hydroxylation is 1. The van der Waals surface area contributed by atoms with Crippen molar-refractivity contribution in [2.75, 3.05) is 6.61 Å². The molecule has 9 nitrogen and oxygen atoms in total. The molecule has 1 fully saturated rings. The number of ketones is 1. The predicted octanol–water partition coefficient (Wildman–Crippen LogP) is 1.64. The largest absolute Gasteiger partial charge is 0.872 e. The van der Waals surface area contributed by atoms with Crippen LogP contribution in [0.25, 0.3) is 5.76 Å². The lowest BCUT2D eigenvalue weighted by molar-refractivity contribution is -0.378. The topological polar surface area (TPSA) is 130 Å². The first kappa shape index (κ1) is 22.1. The Balaban J connectivity index is 1.85. The Bertz CT molecular complexity index is 1240. The molecule has 9 heteroatoms. The Labute approximate surface area is 189 Å². The summed E-state index contributed by atoms with van der Waals surface area (Å²) in [6, 6.07) is 5.84. The van der Waals surface area contributed by atoms with Gasteiger partial charge in [-0.25, -0.2) is 9.78 Å². The molecule has 0 aliphatic carbocycles. The number of nitrogens with one attached hydrogen (secondary N) is 2. The van der Waals surface area contributed by atoms with Crippen LogP contribution in [0.15, 0.2) is 52.9 Å². The first-order valence-corrected chi connectivity index (χ1v) is 10.5. The summed E-state index contributed by atoms with van der Waals surface area (Å²) in [7, 11) is 0. The number of carbonyl (C=O) groups is 3. The van der Waals surface area contributed by atoms with E-state index in [-0.39, 0.29) is 30.0 Å². The molecule has 4 heterocycles. The number of Topliss-reactive ketones (excluding diaryl/α,β-unsaturated/α-hetero) is 1. The maximum absolute atomic E-state index is 13.7. The van der Waals surface area contributed by atoms with Crippen LogP contribution in [0, 0.1) is 13.8 Å². The van der Waals surface area contributed by atoms with Gasteiger partial charge in [0, 0.05) is 22.9 Å². The molecule has 3 aromatic heterocycles. The van der Waals surface area contributed by atoms with Crippen molar-refractivity contribution in [3.8, 4) is 0 Å². The molecule has 170 valence electrons. The van der Waals surface area contributed by atoms with E-state index in [1.54, 1.807) is 57.4 Å². The average Bonchev–Trinajstić information content (AvgIpc) is 3.48. The summed E-state index contributed by atoms with van der Waals surface area (Å²) in [5.41, 5.74) is 1.61. The molecule has 33 heavy (non-hydrogen) atoms. The van der Waals surface area contributed by atoms with E-state index in [4.69, 9.17) is 9.15 Å². The van der Waals surface area contributed by atoms with Crippen molar-refractivity contribution in [2.24, 2.45) is 0 Å². The second-order valence-corrected chi connectivity index (χ2v) is 7.68. The fourth-order valence-corrected chi connectivity index (χ4v) is 4.13. The summed E-state index contributed by atoms with van der Waals surface area (Å²) in [5.74, 6) is -2.60.